The molecule has 94 valence electrons. The lowest BCUT2D eigenvalue weighted by molar-refractivity contribution is 0.256. The maximum absolute atomic E-state index is 12.3. The van der Waals surface area contributed by atoms with Crippen LogP contribution >= 0.6 is 23.5 Å². The van der Waals surface area contributed by atoms with Crippen molar-refractivity contribution in [2.24, 2.45) is 17.8 Å². The molecule has 0 aromatic carbocycles. The predicted molar refractivity (Wildman–Crippen MR) is 73.9 cm³/mol. The van der Waals surface area contributed by atoms with Gasteiger partial charge < -0.3 is 0 Å². The molecule has 0 aromatic rings. The van der Waals surface area contributed by atoms with E-state index in [4.69, 9.17) is 0 Å². The molecule has 2 rings (SSSR count). The van der Waals surface area contributed by atoms with Crippen LogP contribution in [-0.2, 0) is 0 Å². The third-order valence-electron chi connectivity index (χ3n) is 3.88. The maximum atomic E-state index is 12.3. The fourth-order valence-corrected chi connectivity index (χ4v) is 6.16. The van der Waals surface area contributed by atoms with E-state index in [9.17, 15) is 4.39 Å². The van der Waals surface area contributed by atoms with Crippen LogP contribution in [0.1, 0.15) is 39.0 Å². The molecule has 0 N–H and O–H groups in total. The third kappa shape index (κ3) is 3.56. The fraction of sp³-hybridized carbons (Fsp3) is 1.00. The summed E-state index contributed by atoms with van der Waals surface area (Å²) in [5.74, 6) is 5.20. The number of hydrogen-bond acceptors (Lipinski definition) is 2. The van der Waals surface area contributed by atoms with Crippen molar-refractivity contribution < 1.29 is 4.39 Å². The Morgan fingerprint density at radius 3 is 2.25 bits per heavy atom. The standard InChI is InChI=1S/C13H23FS2/c1-10-8-15-13(16-9-10)12-4-2-11(3-5-12)6-7-14/h10-13H,2-9H2,1H3. The quantitative estimate of drug-likeness (QED) is 0.729. The van der Waals surface area contributed by atoms with E-state index in [1.54, 1.807) is 0 Å². The molecule has 0 atom stereocenters. The molecule has 1 aliphatic heterocycles. The molecular weight excluding hydrogens is 239 g/mol. The van der Waals surface area contributed by atoms with Crippen LogP contribution in [0.2, 0.25) is 0 Å². The summed E-state index contributed by atoms with van der Waals surface area (Å²) >= 11 is 4.36. The van der Waals surface area contributed by atoms with Crippen molar-refractivity contribution in [1.82, 2.24) is 0 Å². The Labute approximate surface area is 108 Å². The van der Waals surface area contributed by atoms with E-state index in [1.807, 2.05) is 0 Å². The molecule has 0 bridgehead atoms. The summed E-state index contributed by atoms with van der Waals surface area (Å²) in [6, 6.07) is 0. The molecular formula is C13H23FS2. The van der Waals surface area contributed by atoms with Crippen LogP contribution in [0.25, 0.3) is 0 Å². The molecule has 1 heterocycles. The van der Waals surface area contributed by atoms with E-state index in [0.29, 0.717) is 5.92 Å². The first kappa shape index (κ1) is 13.1. The normalized spacial score (nSPS) is 40.9. The summed E-state index contributed by atoms with van der Waals surface area (Å²) in [5.41, 5.74) is 0. The second-order valence-electron chi connectivity index (χ2n) is 5.40. The van der Waals surface area contributed by atoms with E-state index >= 15 is 0 Å². The van der Waals surface area contributed by atoms with E-state index in [-0.39, 0.29) is 6.67 Å². The van der Waals surface area contributed by atoms with Crippen molar-refractivity contribution in [3.05, 3.63) is 0 Å². The van der Waals surface area contributed by atoms with Gasteiger partial charge in [0.15, 0.2) is 0 Å². The van der Waals surface area contributed by atoms with Crippen LogP contribution in [0.15, 0.2) is 0 Å². The molecule has 0 aromatic heterocycles. The minimum Gasteiger partial charge on any atom is -0.251 e. The van der Waals surface area contributed by atoms with Gasteiger partial charge in [-0.3, -0.25) is 4.39 Å². The van der Waals surface area contributed by atoms with Gasteiger partial charge in [-0.25, -0.2) is 0 Å². The molecule has 16 heavy (non-hydrogen) atoms. The number of rotatable bonds is 3. The van der Waals surface area contributed by atoms with Crippen molar-refractivity contribution >= 4 is 23.5 Å². The SMILES string of the molecule is CC1CSC(C2CCC(CCF)CC2)SC1. The molecule has 1 aliphatic carbocycles. The second-order valence-corrected chi connectivity index (χ2v) is 8.05. The highest BCUT2D eigenvalue weighted by Crippen LogP contribution is 2.44. The van der Waals surface area contributed by atoms with Crippen molar-refractivity contribution in [2.45, 2.75) is 43.6 Å². The zero-order valence-corrected chi connectivity index (χ0v) is 11.8. The van der Waals surface area contributed by atoms with Gasteiger partial charge in [0.05, 0.1) is 11.3 Å². The first-order valence-electron chi connectivity index (χ1n) is 6.58. The summed E-state index contributed by atoms with van der Waals surface area (Å²) < 4.78 is 13.1. The third-order valence-corrected chi connectivity index (χ3v) is 7.65. The maximum Gasteiger partial charge on any atom is 0.0897 e. The molecule has 0 amide bonds. The average Bonchev–Trinajstić information content (AvgIpc) is 2.32. The van der Waals surface area contributed by atoms with Crippen molar-refractivity contribution in [2.75, 3.05) is 18.2 Å². The van der Waals surface area contributed by atoms with Gasteiger partial charge in [0.2, 0.25) is 0 Å². The largest absolute Gasteiger partial charge is 0.251 e. The number of alkyl halides is 1. The summed E-state index contributed by atoms with van der Waals surface area (Å²) in [6.07, 6.45) is 6.08. The van der Waals surface area contributed by atoms with Crippen LogP contribution in [-0.4, -0.2) is 22.8 Å². The van der Waals surface area contributed by atoms with Gasteiger partial charge in [0.25, 0.3) is 0 Å². The first-order chi connectivity index (χ1) is 7.79. The predicted octanol–water partition coefficient (Wildman–Crippen LogP) is 4.59. The topological polar surface area (TPSA) is 0 Å². The van der Waals surface area contributed by atoms with Gasteiger partial charge in [0, 0.05) is 0 Å². The van der Waals surface area contributed by atoms with Gasteiger partial charge >= 0.3 is 0 Å². The Morgan fingerprint density at radius 2 is 1.69 bits per heavy atom. The van der Waals surface area contributed by atoms with Crippen LogP contribution < -0.4 is 0 Å². The number of halogens is 1. The highest BCUT2D eigenvalue weighted by atomic mass is 32.2. The number of hydrogen-bond donors (Lipinski definition) is 0. The zero-order chi connectivity index (χ0) is 11.4. The Hall–Kier alpha value is 0.630. The van der Waals surface area contributed by atoms with Crippen molar-refractivity contribution in [3.63, 3.8) is 0 Å². The van der Waals surface area contributed by atoms with Crippen LogP contribution in [0.5, 0.6) is 0 Å². The first-order valence-corrected chi connectivity index (χ1v) is 8.68. The summed E-state index contributed by atoms with van der Waals surface area (Å²) in [5, 5.41) is 0. The monoisotopic (exact) mass is 262 g/mol. The summed E-state index contributed by atoms with van der Waals surface area (Å²) in [7, 11) is 0. The lowest BCUT2D eigenvalue weighted by Gasteiger charge is -2.36. The van der Waals surface area contributed by atoms with E-state index in [2.05, 4.69) is 30.4 Å². The van der Waals surface area contributed by atoms with Gasteiger partial charge in [-0.2, -0.15) is 0 Å². The second kappa shape index (κ2) is 6.53. The van der Waals surface area contributed by atoms with Gasteiger partial charge in [-0.05, 0) is 48.5 Å². The highest BCUT2D eigenvalue weighted by Gasteiger charge is 2.30. The minimum absolute atomic E-state index is 0.111. The highest BCUT2D eigenvalue weighted by molar-refractivity contribution is 8.17. The molecule has 1 saturated heterocycles. The Morgan fingerprint density at radius 1 is 1.06 bits per heavy atom. The minimum atomic E-state index is -0.111. The van der Waals surface area contributed by atoms with E-state index < -0.39 is 0 Å². The lowest BCUT2D eigenvalue weighted by atomic mass is 9.81. The van der Waals surface area contributed by atoms with Crippen LogP contribution in [0.4, 0.5) is 4.39 Å². The molecule has 0 radical (unpaired) electrons. The van der Waals surface area contributed by atoms with Crippen molar-refractivity contribution in [1.29, 1.82) is 0 Å². The Kier molecular flexibility index (Phi) is 5.34. The molecule has 3 heteroatoms. The molecule has 0 spiro atoms. The molecule has 2 fully saturated rings. The Bertz CT molecular complexity index is 194. The summed E-state index contributed by atoms with van der Waals surface area (Å²) in [4.78, 5) is 0. The molecule has 0 unspecified atom stereocenters. The van der Waals surface area contributed by atoms with Crippen LogP contribution in [0.3, 0.4) is 0 Å². The zero-order valence-electron chi connectivity index (χ0n) is 10.2. The lowest BCUT2D eigenvalue weighted by Crippen LogP contribution is -2.26. The van der Waals surface area contributed by atoms with Crippen LogP contribution in [0, 0.1) is 17.8 Å². The average molecular weight is 262 g/mol. The van der Waals surface area contributed by atoms with Crippen molar-refractivity contribution in [3.8, 4) is 0 Å². The Balaban J connectivity index is 1.72. The van der Waals surface area contributed by atoms with Gasteiger partial charge in [0.1, 0.15) is 0 Å². The fourth-order valence-electron chi connectivity index (χ4n) is 2.79. The summed E-state index contributed by atoms with van der Waals surface area (Å²) in [6.45, 7) is 2.24. The van der Waals surface area contributed by atoms with E-state index in [0.717, 1.165) is 22.8 Å². The van der Waals surface area contributed by atoms with Gasteiger partial charge in [-0.1, -0.05) is 19.8 Å². The number of thioether (sulfide) groups is 2. The molecule has 0 nitrogen and oxygen atoms in total. The van der Waals surface area contributed by atoms with Gasteiger partial charge in [-0.15, -0.1) is 23.5 Å². The molecule has 1 saturated carbocycles. The van der Waals surface area contributed by atoms with E-state index in [1.165, 1.54) is 37.2 Å². The smallest absolute Gasteiger partial charge is 0.0897 e. The molecule has 2 aliphatic rings.